The van der Waals surface area contributed by atoms with Gasteiger partial charge in [0.25, 0.3) is 5.91 Å². The van der Waals surface area contributed by atoms with Crippen molar-refractivity contribution in [2.75, 3.05) is 43.4 Å². The van der Waals surface area contributed by atoms with E-state index in [0.29, 0.717) is 30.0 Å². The summed E-state index contributed by atoms with van der Waals surface area (Å²) in [6.07, 6.45) is 2.95. The number of carbonyl (C=O) groups is 3. The highest BCUT2D eigenvalue weighted by Crippen LogP contribution is 2.32. The zero-order valence-electron chi connectivity index (χ0n) is 24.4. The van der Waals surface area contributed by atoms with E-state index >= 15 is 0 Å². The third kappa shape index (κ3) is 5.68. The first-order valence-electron chi connectivity index (χ1n) is 14.1. The Morgan fingerprint density at radius 2 is 1.67 bits per heavy atom. The van der Waals surface area contributed by atoms with Gasteiger partial charge in [-0.3, -0.25) is 14.7 Å². The van der Waals surface area contributed by atoms with Gasteiger partial charge in [-0.15, -0.1) is 0 Å². The number of H-pyrrole nitrogens is 1. The van der Waals surface area contributed by atoms with Crippen molar-refractivity contribution < 1.29 is 32.3 Å². The second-order valence-corrected chi connectivity index (χ2v) is 12.8. The van der Waals surface area contributed by atoms with E-state index in [1.54, 1.807) is 10.8 Å². The van der Waals surface area contributed by atoms with Crippen LogP contribution in [0.5, 0.6) is 0 Å². The van der Waals surface area contributed by atoms with Gasteiger partial charge in [-0.05, 0) is 61.6 Å². The maximum atomic E-state index is 13.8. The van der Waals surface area contributed by atoms with Crippen molar-refractivity contribution in [3.63, 3.8) is 0 Å². The van der Waals surface area contributed by atoms with Gasteiger partial charge in [0.05, 0.1) is 43.4 Å². The molecule has 2 aromatic heterocycles. The van der Waals surface area contributed by atoms with E-state index in [-0.39, 0.29) is 37.7 Å². The average Bonchev–Trinajstić information content (AvgIpc) is 3.68. The number of primary amides is 1. The van der Waals surface area contributed by atoms with E-state index in [0.717, 1.165) is 25.2 Å². The summed E-state index contributed by atoms with van der Waals surface area (Å²) in [6, 6.07) is 13.1. The van der Waals surface area contributed by atoms with Crippen LogP contribution in [0, 0.1) is 5.82 Å². The summed E-state index contributed by atoms with van der Waals surface area (Å²) in [7, 11) is -2.12. The number of carboxylic acids is 1. The minimum Gasteiger partial charge on any atom is -0.478 e. The maximum Gasteiger partial charge on any atom is 0.337 e. The number of nitrogens with zero attached hydrogens (tertiary/aromatic N) is 4. The number of carboxylic acid groups (broad SMARTS) is 1. The van der Waals surface area contributed by atoms with Crippen molar-refractivity contribution in [2.45, 2.75) is 9.79 Å². The van der Waals surface area contributed by atoms with E-state index in [4.69, 9.17) is 5.73 Å². The molecule has 0 saturated carbocycles. The van der Waals surface area contributed by atoms with Crippen LogP contribution in [0.1, 0.15) is 31.1 Å². The fourth-order valence-corrected chi connectivity index (χ4v) is 6.67. The Labute approximate surface area is 261 Å². The molecular weight excluding hydrogens is 617 g/mol. The van der Waals surface area contributed by atoms with Crippen LogP contribution in [0.15, 0.2) is 82.8 Å². The van der Waals surface area contributed by atoms with Gasteiger partial charge in [0.1, 0.15) is 5.82 Å². The molecule has 1 saturated heterocycles. The summed E-state index contributed by atoms with van der Waals surface area (Å²) in [5.41, 5.74) is 7.05. The standard InChI is InChI=1S/C31H28FN7O6S/c1-37-9-11-38(12-10-37)26-15-22(28(33)40)23(16-27(26)39-8-7-18(17-39)31(42)43)30(41)34-29-24-14-21(5-6-25(24)35-36-29)46(44,45)20-4-2-3-19(32)13-20/h2-8,13-17H,9-12H2,1H3,(H2,33,40)(H,42,43)(H2,34,35,36,41). The minimum atomic E-state index is -4.11. The smallest absolute Gasteiger partial charge is 0.337 e. The van der Waals surface area contributed by atoms with Gasteiger partial charge in [0.2, 0.25) is 15.7 Å². The molecular formula is C31H28FN7O6S. The number of hydrogen-bond acceptors (Lipinski definition) is 8. The number of fused-ring (bicyclic) bond motifs is 1. The number of anilines is 2. The molecule has 0 unspecified atom stereocenters. The van der Waals surface area contributed by atoms with Crippen LogP contribution in [0.3, 0.4) is 0 Å². The molecule has 1 fully saturated rings. The maximum absolute atomic E-state index is 13.8. The van der Waals surface area contributed by atoms with Crippen LogP contribution in [0.25, 0.3) is 16.6 Å². The van der Waals surface area contributed by atoms with Crippen molar-refractivity contribution in [1.29, 1.82) is 0 Å². The number of amides is 2. The lowest BCUT2D eigenvalue weighted by Gasteiger charge is -2.35. The molecule has 0 bridgehead atoms. The van der Waals surface area contributed by atoms with E-state index < -0.39 is 33.4 Å². The number of aromatic carboxylic acids is 1. The Morgan fingerprint density at radius 1 is 0.957 bits per heavy atom. The highest BCUT2D eigenvalue weighted by atomic mass is 32.2. The number of halogens is 1. The first-order chi connectivity index (χ1) is 21.9. The predicted molar refractivity (Wildman–Crippen MR) is 167 cm³/mol. The summed E-state index contributed by atoms with van der Waals surface area (Å²) in [5.74, 6) is -3.49. The summed E-state index contributed by atoms with van der Waals surface area (Å²) < 4.78 is 41.8. The molecule has 46 heavy (non-hydrogen) atoms. The fraction of sp³-hybridized carbons (Fsp3) is 0.161. The molecule has 0 spiro atoms. The van der Waals surface area contributed by atoms with Crippen molar-refractivity contribution in [3.05, 3.63) is 95.6 Å². The van der Waals surface area contributed by atoms with Gasteiger partial charge in [0, 0.05) is 44.0 Å². The van der Waals surface area contributed by atoms with Crippen molar-refractivity contribution in [1.82, 2.24) is 19.7 Å². The molecule has 1 aliphatic rings. The third-order valence-corrected chi connectivity index (χ3v) is 9.62. The highest BCUT2D eigenvalue weighted by molar-refractivity contribution is 7.91. The summed E-state index contributed by atoms with van der Waals surface area (Å²) >= 11 is 0. The van der Waals surface area contributed by atoms with Crippen LogP contribution in [-0.4, -0.2) is 84.2 Å². The highest BCUT2D eigenvalue weighted by Gasteiger charge is 2.26. The number of aromatic nitrogens is 3. The lowest BCUT2D eigenvalue weighted by atomic mass is 10.0. The normalized spacial score (nSPS) is 14.0. The number of likely N-dealkylation sites (N-methyl/N-ethyl adjacent to an activating group) is 1. The average molecular weight is 646 g/mol. The lowest BCUT2D eigenvalue weighted by molar-refractivity contribution is 0.0696. The largest absolute Gasteiger partial charge is 0.478 e. The second-order valence-electron chi connectivity index (χ2n) is 10.8. The number of nitrogens with one attached hydrogen (secondary N) is 2. The monoisotopic (exact) mass is 645 g/mol. The Balaban J connectivity index is 1.41. The first-order valence-corrected chi connectivity index (χ1v) is 15.5. The molecule has 236 valence electrons. The molecule has 5 aromatic rings. The zero-order valence-corrected chi connectivity index (χ0v) is 25.2. The van der Waals surface area contributed by atoms with Crippen LogP contribution in [0.4, 0.5) is 15.9 Å². The Morgan fingerprint density at radius 3 is 2.35 bits per heavy atom. The SMILES string of the molecule is CN1CCN(c2cc(C(N)=O)c(C(=O)Nc3n[nH]c4ccc(S(=O)(=O)c5cccc(F)c5)cc34)cc2-n2ccc(C(=O)O)c2)CC1. The Bertz CT molecular complexity index is 2130. The Hall–Kier alpha value is -5.54. The molecule has 15 heteroatoms. The number of piperazine rings is 1. The number of nitrogens with two attached hydrogens (primary N) is 1. The third-order valence-electron chi connectivity index (χ3n) is 7.87. The van der Waals surface area contributed by atoms with Gasteiger partial charge < -0.3 is 30.5 Å². The molecule has 1 aliphatic heterocycles. The molecule has 2 amide bonds. The van der Waals surface area contributed by atoms with Crippen LogP contribution < -0.4 is 16.0 Å². The number of carbonyl (C=O) groups excluding carboxylic acids is 2. The molecule has 5 N–H and O–H groups in total. The molecule has 0 radical (unpaired) electrons. The first kappa shape index (κ1) is 30.5. The van der Waals surface area contributed by atoms with E-state index in [1.165, 1.54) is 54.7 Å². The van der Waals surface area contributed by atoms with E-state index in [2.05, 4.69) is 20.4 Å². The van der Waals surface area contributed by atoms with Crippen molar-refractivity contribution >= 4 is 50.0 Å². The number of sulfone groups is 1. The molecule has 13 nitrogen and oxygen atoms in total. The molecule has 3 aromatic carbocycles. The fourth-order valence-electron chi connectivity index (χ4n) is 5.35. The molecule has 0 aliphatic carbocycles. The van der Waals surface area contributed by atoms with E-state index in [1.807, 2.05) is 11.9 Å². The van der Waals surface area contributed by atoms with E-state index in [9.17, 15) is 32.3 Å². The second kappa shape index (κ2) is 11.8. The topological polar surface area (TPSA) is 184 Å². The number of rotatable bonds is 8. The number of aromatic amines is 1. The molecule has 0 atom stereocenters. The number of benzene rings is 3. The van der Waals surface area contributed by atoms with Crippen molar-refractivity contribution in [2.24, 2.45) is 5.73 Å². The van der Waals surface area contributed by atoms with Crippen LogP contribution >= 0.6 is 0 Å². The van der Waals surface area contributed by atoms with Crippen molar-refractivity contribution in [3.8, 4) is 5.69 Å². The summed E-state index contributed by atoms with van der Waals surface area (Å²) in [5, 5.41) is 19.3. The molecule has 3 heterocycles. The number of hydrogen-bond donors (Lipinski definition) is 4. The van der Waals surface area contributed by atoms with Gasteiger partial charge in [-0.25, -0.2) is 17.6 Å². The quantitative estimate of drug-likeness (QED) is 0.197. The molecule has 6 rings (SSSR count). The van der Waals surface area contributed by atoms with Gasteiger partial charge in [-0.1, -0.05) is 6.07 Å². The van der Waals surface area contributed by atoms with Crippen LogP contribution in [0.2, 0.25) is 0 Å². The minimum absolute atomic E-state index is 0.0227. The Kier molecular flexibility index (Phi) is 7.79. The summed E-state index contributed by atoms with van der Waals surface area (Å²) in [6.45, 7) is 2.70. The van der Waals surface area contributed by atoms with Crippen LogP contribution in [-0.2, 0) is 9.84 Å². The van der Waals surface area contributed by atoms with Gasteiger partial charge in [0.15, 0.2) is 5.82 Å². The lowest BCUT2D eigenvalue weighted by Crippen LogP contribution is -2.45. The zero-order chi connectivity index (χ0) is 32.7. The van der Waals surface area contributed by atoms with Gasteiger partial charge >= 0.3 is 5.97 Å². The predicted octanol–water partition coefficient (Wildman–Crippen LogP) is 3.13. The summed E-state index contributed by atoms with van der Waals surface area (Å²) in [4.78, 5) is 41.9. The van der Waals surface area contributed by atoms with Gasteiger partial charge in [-0.2, -0.15) is 5.10 Å².